The van der Waals surface area contributed by atoms with Gasteiger partial charge in [-0.2, -0.15) is 5.10 Å². The predicted octanol–water partition coefficient (Wildman–Crippen LogP) is 2.94. The Morgan fingerprint density at radius 3 is 2.87 bits per heavy atom. The highest BCUT2D eigenvalue weighted by Crippen LogP contribution is 2.26. The van der Waals surface area contributed by atoms with Gasteiger partial charge in [0.15, 0.2) is 0 Å². The Morgan fingerprint density at radius 1 is 1.23 bits per heavy atom. The molecular weight excluding hydrogens is 390 g/mol. The zero-order valence-electron chi connectivity index (χ0n) is 17.1. The van der Waals surface area contributed by atoms with Crippen LogP contribution in [0, 0.1) is 0 Å². The lowest BCUT2D eigenvalue weighted by Crippen LogP contribution is -2.42. The average Bonchev–Trinajstić information content (AvgIpc) is 3.39. The molecule has 2 atom stereocenters. The number of aliphatic hydroxyl groups is 1. The molecule has 3 heterocycles. The molecule has 5 rings (SSSR count). The summed E-state index contributed by atoms with van der Waals surface area (Å²) in [5.74, 6) is 0.577. The molecule has 2 aromatic carbocycles. The number of anilines is 1. The highest BCUT2D eigenvalue weighted by molar-refractivity contribution is 6.07. The number of rotatable bonds is 5. The molecule has 3 aromatic rings. The van der Waals surface area contributed by atoms with Crippen molar-refractivity contribution in [2.24, 2.45) is 4.99 Å². The summed E-state index contributed by atoms with van der Waals surface area (Å²) in [5, 5.41) is 18.3. The van der Waals surface area contributed by atoms with E-state index in [4.69, 9.17) is 0 Å². The van der Waals surface area contributed by atoms with Crippen LogP contribution in [0.4, 0.5) is 5.69 Å². The van der Waals surface area contributed by atoms with Crippen molar-refractivity contribution in [2.75, 3.05) is 11.9 Å². The molecule has 31 heavy (non-hydrogen) atoms. The normalized spacial score (nSPS) is 18.5. The summed E-state index contributed by atoms with van der Waals surface area (Å²) in [4.78, 5) is 19.4. The Morgan fingerprint density at radius 2 is 2.06 bits per heavy atom. The first-order chi connectivity index (χ1) is 15.1. The Hall–Kier alpha value is -3.71. The van der Waals surface area contributed by atoms with E-state index in [1.165, 1.54) is 5.56 Å². The summed E-state index contributed by atoms with van der Waals surface area (Å²) in [6.07, 6.45) is 6.69. The molecule has 0 fully saturated rings. The molecule has 7 heteroatoms. The minimum absolute atomic E-state index is 0.124. The minimum Gasteiger partial charge on any atom is -0.389 e. The van der Waals surface area contributed by atoms with Crippen molar-refractivity contribution in [1.82, 2.24) is 14.7 Å². The van der Waals surface area contributed by atoms with Crippen molar-refractivity contribution >= 4 is 28.3 Å². The van der Waals surface area contributed by atoms with Crippen LogP contribution in [0.3, 0.4) is 0 Å². The number of amidine groups is 1. The lowest BCUT2D eigenvalue weighted by Gasteiger charge is -2.25. The number of aromatic nitrogens is 2. The van der Waals surface area contributed by atoms with Crippen LogP contribution in [0.1, 0.15) is 12.5 Å². The van der Waals surface area contributed by atoms with E-state index in [2.05, 4.69) is 27.5 Å². The van der Waals surface area contributed by atoms with Gasteiger partial charge in [0.2, 0.25) is 5.91 Å². The summed E-state index contributed by atoms with van der Waals surface area (Å²) >= 11 is 0. The van der Waals surface area contributed by atoms with Gasteiger partial charge in [0, 0.05) is 11.6 Å². The lowest BCUT2D eigenvalue weighted by molar-refractivity contribution is -0.118. The number of nitrogens with zero attached hydrogens (tertiary/aromatic N) is 4. The zero-order chi connectivity index (χ0) is 21.4. The maximum atomic E-state index is 13.1. The molecule has 2 unspecified atom stereocenters. The SMILES string of the molecule is CC(O)C1=CC2=NCC(C(=O)Nc3cccc4c3cnn4Cc3ccccc3)N2C=C1. The van der Waals surface area contributed by atoms with E-state index >= 15 is 0 Å². The number of benzene rings is 2. The third-order valence-corrected chi connectivity index (χ3v) is 5.66. The first-order valence-corrected chi connectivity index (χ1v) is 10.3. The van der Waals surface area contributed by atoms with Crippen molar-refractivity contribution in [3.8, 4) is 0 Å². The number of aliphatic hydroxyl groups excluding tert-OH is 1. The summed E-state index contributed by atoms with van der Waals surface area (Å²) in [5.41, 5.74) is 3.65. The van der Waals surface area contributed by atoms with E-state index in [1.54, 1.807) is 13.1 Å². The van der Waals surface area contributed by atoms with Crippen molar-refractivity contribution in [1.29, 1.82) is 0 Å². The van der Waals surface area contributed by atoms with E-state index in [9.17, 15) is 9.90 Å². The second-order valence-electron chi connectivity index (χ2n) is 7.77. The quantitative estimate of drug-likeness (QED) is 0.674. The van der Waals surface area contributed by atoms with Crippen molar-refractivity contribution in [2.45, 2.75) is 25.6 Å². The number of fused-ring (bicyclic) bond motifs is 2. The third-order valence-electron chi connectivity index (χ3n) is 5.66. The van der Waals surface area contributed by atoms with E-state index in [1.807, 2.05) is 64.3 Å². The fourth-order valence-corrected chi connectivity index (χ4v) is 3.95. The fraction of sp³-hybridized carbons (Fsp3) is 0.208. The number of carbonyl (C=O) groups is 1. The van der Waals surface area contributed by atoms with E-state index in [0.717, 1.165) is 22.2 Å². The summed E-state index contributed by atoms with van der Waals surface area (Å²) in [7, 11) is 0. The summed E-state index contributed by atoms with van der Waals surface area (Å²) in [6, 6.07) is 15.6. The van der Waals surface area contributed by atoms with E-state index in [0.29, 0.717) is 18.9 Å². The van der Waals surface area contributed by atoms with Crippen LogP contribution >= 0.6 is 0 Å². The fourth-order valence-electron chi connectivity index (χ4n) is 3.95. The van der Waals surface area contributed by atoms with Gasteiger partial charge in [0.05, 0.1) is 36.6 Å². The molecule has 0 aliphatic carbocycles. The van der Waals surface area contributed by atoms with Gasteiger partial charge < -0.3 is 15.3 Å². The van der Waals surface area contributed by atoms with E-state index < -0.39 is 12.1 Å². The van der Waals surface area contributed by atoms with Crippen LogP contribution in [0.5, 0.6) is 0 Å². The summed E-state index contributed by atoms with van der Waals surface area (Å²) < 4.78 is 1.94. The molecule has 7 nitrogen and oxygen atoms in total. The standard InChI is InChI=1S/C24H23N5O2/c1-16(30)18-10-11-28-22(14-25-23(28)12-18)24(31)27-20-8-5-9-21-19(20)13-26-29(21)15-17-6-3-2-4-7-17/h2-13,16,22,30H,14-15H2,1H3,(H,27,31). The number of hydrogen-bond acceptors (Lipinski definition) is 5. The lowest BCUT2D eigenvalue weighted by atomic mass is 10.1. The topological polar surface area (TPSA) is 82.8 Å². The number of hydrogen-bond donors (Lipinski definition) is 2. The Kier molecular flexibility index (Phi) is 4.88. The second kappa shape index (κ2) is 7.85. The van der Waals surface area contributed by atoms with Gasteiger partial charge in [0.25, 0.3) is 0 Å². The Balaban J connectivity index is 1.35. The summed E-state index contributed by atoms with van der Waals surface area (Å²) in [6.45, 7) is 2.75. The molecule has 0 saturated heterocycles. The molecule has 1 aromatic heterocycles. The predicted molar refractivity (Wildman–Crippen MR) is 121 cm³/mol. The van der Waals surface area contributed by atoms with Crippen molar-refractivity contribution in [3.63, 3.8) is 0 Å². The largest absolute Gasteiger partial charge is 0.389 e. The maximum Gasteiger partial charge on any atom is 0.249 e. The Labute approximate surface area is 180 Å². The first kappa shape index (κ1) is 19.3. The smallest absolute Gasteiger partial charge is 0.249 e. The molecule has 2 N–H and O–H groups in total. The van der Waals surface area contributed by atoms with Crippen molar-refractivity contribution < 1.29 is 9.90 Å². The molecule has 0 spiro atoms. The van der Waals surface area contributed by atoms with Gasteiger partial charge in [-0.1, -0.05) is 36.4 Å². The van der Waals surface area contributed by atoms with Gasteiger partial charge in [-0.15, -0.1) is 0 Å². The molecule has 0 radical (unpaired) electrons. The number of aliphatic imine (C=N–C) groups is 1. The number of amides is 1. The minimum atomic E-state index is -0.570. The van der Waals surface area contributed by atoms with Gasteiger partial charge in [-0.25, -0.2) is 0 Å². The van der Waals surface area contributed by atoms with Crippen LogP contribution in [-0.4, -0.2) is 50.2 Å². The van der Waals surface area contributed by atoms with Gasteiger partial charge in [-0.3, -0.25) is 14.5 Å². The second-order valence-corrected chi connectivity index (χ2v) is 7.77. The van der Waals surface area contributed by atoms with Gasteiger partial charge in [0.1, 0.15) is 11.9 Å². The first-order valence-electron chi connectivity index (χ1n) is 10.3. The highest BCUT2D eigenvalue weighted by atomic mass is 16.3. The maximum absolute atomic E-state index is 13.1. The molecule has 1 amide bonds. The highest BCUT2D eigenvalue weighted by Gasteiger charge is 2.33. The van der Waals surface area contributed by atoms with Gasteiger partial charge in [-0.05, 0) is 42.3 Å². The zero-order valence-corrected chi connectivity index (χ0v) is 17.1. The van der Waals surface area contributed by atoms with Crippen molar-refractivity contribution in [3.05, 3.63) is 84.2 Å². The van der Waals surface area contributed by atoms with Crippen LogP contribution in [0.15, 0.2) is 83.6 Å². The third kappa shape index (κ3) is 3.64. The van der Waals surface area contributed by atoms with Crippen LogP contribution in [0.25, 0.3) is 10.9 Å². The molecule has 0 bridgehead atoms. The number of nitrogens with one attached hydrogen (secondary N) is 1. The van der Waals surface area contributed by atoms with Crippen LogP contribution in [-0.2, 0) is 11.3 Å². The molecule has 0 saturated carbocycles. The molecule has 2 aliphatic rings. The molecular formula is C24H23N5O2. The molecule has 156 valence electrons. The van der Waals surface area contributed by atoms with Crippen LogP contribution in [0.2, 0.25) is 0 Å². The van der Waals surface area contributed by atoms with Crippen LogP contribution < -0.4 is 5.32 Å². The molecule has 2 aliphatic heterocycles. The monoisotopic (exact) mass is 413 g/mol. The van der Waals surface area contributed by atoms with E-state index in [-0.39, 0.29) is 5.91 Å². The Bertz CT molecular complexity index is 1220. The van der Waals surface area contributed by atoms with Gasteiger partial charge >= 0.3 is 0 Å². The number of carbonyl (C=O) groups excluding carboxylic acids is 1. The average molecular weight is 413 g/mol.